The Morgan fingerprint density at radius 1 is 1.62 bits per heavy atom. The van der Waals surface area contributed by atoms with Gasteiger partial charge in [0.15, 0.2) is 0 Å². The van der Waals surface area contributed by atoms with E-state index in [2.05, 4.69) is 12.8 Å². The van der Waals surface area contributed by atoms with Gasteiger partial charge in [0.1, 0.15) is 4.88 Å². The fourth-order valence-electron chi connectivity index (χ4n) is 0.629. The van der Waals surface area contributed by atoms with Gasteiger partial charge in [-0.1, -0.05) is 24.4 Å². The van der Waals surface area contributed by atoms with Crippen molar-refractivity contribution < 1.29 is 14.7 Å². The van der Waals surface area contributed by atoms with E-state index in [0.717, 1.165) is 11.3 Å². The molecule has 0 atom stereocenters. The molecule has 1 rings (SSSR count). The highest BCUT2D eigenvalue weighted by Crippen LogP contribution is 2.24. The molecule has 1 aromatic heterocycles. The summed E-state index contributed by atoms with van der Waals surface area (Å²) in [6, 6.07) is 1.52. The molecule has 7 heteroatoms. The molecule has 0 saturated carbocycles. The van der Waals surface area contributed by atoms with Crippen LogP contribution < -0.4 is 0 Å². The van der Waals surface area contributed by atoms with Crippen LogP contribution in [0.4, 0.5) is 4.79 Å². The predicted octanol–water partition coefficient (Wildman–Crippen LogP) is 2.37. The summed E-state index contributed by atoms with van der Waals surface area (Å²) >= 11 is 10.2. The maximum atomic E-state index is 11.3. The lowest BCUT2D eigenvalue weighted by atomic mass is 10.4. The third kappa shape index (κ3) is 2.15. The predicted molar refractivity (Wildman–Crippen MR) is 52.5 cm³/mol. The van der Waals surface area contributed by atoms with Gasteiger partial charge in [-0.2, -0.15) is 4.31 Å². The number of amides is 2. The molecule has 1 heterocycles. The summed E-state index contributed by atoms with van der Waals surface area (Å²) in [6.07, 6.45) is -1.43. The van der Waals surface area contributed by atoms with Crippen molar-refractivity contribution in [2.24, 2.45) is 0 Å². The minimum absolute atomic E-state index is 0.166. The highest BCUT2D eigenvalue weighted by molar-refractivity contribution is 7.79. The van der Waals surface area contributed by atoms with E-state index < -0.39 is 12.0 Å². The van der Waals surface area contributed by atoms with Crippen LogP contribution in [0, 0.1) is 0 Å². The summed E-state index contributed by atoms with van der Waals surface area (Å²) in [5.41, 5.74) is 0. The number of thiol groups is 1. The van der Waals surface area contributed by atoms with Crippen molar-refractivity contribution in [2.45, 2.75) is 0 Å². The van der Waals surface area contributed by atoms with Gasteiger partial charge >= 0.3 is 6.09 Å². The monoisotopic (exact) mass is 237 g/mol. The molecule has 1 N–H and O–H groups in total. The summed E-state index contributed by atoms with van der Waals surface area (Å²) in [7, 11) is 0. The Morgan fingerprint density at radius 3 is 2.62 bits per heavy atom. The maximum Gasteiger partial charge on any atom is 0.424 e. The second kappa shape index (κ2) is 3.99. The second-order valence-corrected chi connectivity index (χ2v) is 3.72. The molecule has 4 nitrogen and oxygen atoms in total. The van der Waals surface area contributed by atoms with Crippen LogP contribution in [0.3, 0.4) is 0 Å². The first-order valence-electron chi connectivity index (χ1n) is 3.03. The van der Waals surface area contributed by atoms with Crippen molar-refractivity contribution in [3.05, 3.63) is 21.3 Å². The molecule has 0 aliphatic rings. The van der Waals surface area contributed by atoms with E-state index in [1.54, 1.807) is 5.38 Å². The number of thiophene rings is 1. The molecular formula is C6H4ClNO3S2. The van der Waals surface area contributed by atoms with Gasteiger partial charge in [-0.05, 0) is 11.4 Å². The van der Waals surface area contributed by atoms with Crippen molar-refractivity contribution in [3.8, 4) is 0 Å². The highest BCUT2D eigenvalue weighted by atomic mass is 35.5. The van der Waals surface area contributed by atoms with E-state index in [-0.39, 0.29) is 14.2 Å². The Bertz CT molecular complexity index is 351. The van der Waals surface area contributed by atoms with Crippen LogP contribution in [-0.4, -0.2) is 21.4 Å². The van der Waals surface area contributed by atoms with Crippen LogP contribution in [0.5, 0.6) is 0 Å². The van der Waals surface area contributed by atoms with Gasteiger partial charge in [-0.3, -0.25) is 4.79 Å². The van der Waals surface area contributed by atoms with Gasteiger partial charge in [0.25, 0.3) is 5.91 Å². The molecule has 0 bridgehead atoms. The van der Waals surface area contributed by atoms with Crippen LogP contribution in [0.1, 0.15) is 9.67 Å². The average molecular weight is 238 g/mol. The van der Waals surface area contributed by atoms with E-state index in [1.165, 1.54) is 6.07 Å². The normalized spacial score (nSPS) is 9.69. The lowest BCUT2D eigenvalue weighted by molar-refractivity contribution is 0.0868. The zero-order valence-electron chi connectivity index (χ0n) is 6.10. The maximum absolute atomic E-state index is 11.3. The van der Waals surface area contributed by atoms with Crippen LogP contribution in [-0.2, 0) is 0 Å². The highest BCUT2D eigenvalue weighted by Gasteiger charge is 2.21. The van der Waals surface area contributed by atoms with Crippen molar-refractivity contribution in [3.63, 3.8) is 0 Å². The topological polar surface area (TPSA) is 57.6 Å². The number of imide groups is 1. The van der Waals surface area contributed by atoms with Crippen LogP contribution in [0.15, 0.2) is 11.4 Å². The number of hydrogen-bond donors (Lipinski definition) is 2. The van der Waals surface area contributed by atoms with Crippen molar-refractivity contribution in [1.29, 1.82) is 0 Å². The number of carbonyl (C=O) groups excluding carboxylic acids is 1. The molecule has 0 aliphatic carbocycles. The standard InChI is InChI=1S/C6H4ClNO3S2/c7-3-1-2-13-4(3)5(9)8(12)6(10)11/h1-2,12H,(H,10,11). The van der Waals surface area contributed by atoms with Crippen molar-refractivity contribution >= 4 is 47.8 Å². The zero-order chi connectivity index (χ0) is 10.0. The lowest BCUT2D eigenvalue weighted by Gasteiger charge is -2.07. The van der Waals surface area contributed by atoms with Gasteiger partial charge in [-0.15, -0.1) is 11.3 Å². The van der Waals surface area contributed by atoms with Crippen molar-refractivity contribution in [1.82, 2.24) is 4.31 Å². The number of halogens is 1. The first-order valence-corrected chi connectivity index (χ1v) is 4.69. The van der Waals surface area contributed by atoms with E-state index in [9.17, 15) is 9.59 Å². The Kier molecular flexibility index (Phi) is 3.18. The molecule has 0 aliphatic heterocycles. The Balaban J connectivity index is 2.92. The molecule has 2 amide bonds. The number of rotatable bonds is 1. The molecule has 0 spiro atoms. The Hall–Kier alpha value is -0.720. The number of hydrogen-bond acceptors (Lipinski definition) is 4. The molecule has 1 aromatic rings. The lowest BCUT2D eigenvalue weighted by Crippen LogP contribution is -2.26. The number of nitrogens with zero attached hydrogens (tertiary/aromatic N) is 1. The zero-order valence-corrected chi connectivity index (χ0v) is 8.57. The SMILES string of the molecule is O=C(O)N(S)C(=O)c1sccc1Cl. The molecule has 0 saturated heterocycles. The van der Waals surface area contributed by atoms with Crippen molar-refractivity contribution in [2.75, 3.05) is 0 Å². The largest absolute Gasteiger partial charge is 0.464 e. The van der Waals surface area contributed by atoms with Gasteiger partial charge in [0, 0.05) is 0 Å². The number of carbonyl (C=O) groups is 2. The molecule has 70 valence electrons. The quantitative estimate of drug-likeness (QED) is 0.738. The first-order chi connectivity index (χ1) is 6.04. The Morgan fingerprint density at radius 2 is 2.23 bits per heavy atom. The van der Waals surface area contributed by atoms with Gasteiger partial charge in [-0.25, -0.2) is 4.79 Å². The molecule has 0 fully saturated rings. The molecule has 0 unspecified atom stereocenters. The minimum atomic E-state index is -1.43. The fourth-order valence-corrected chi connectivity index (χ4v) is 1.86. The number of carboxylic acid groups (broad SMARTS) is 1. The third-order valence-corrected chi connectivity index (χ3v) is 2.87. The third-order valence-electron chi connectivity index (χ3n) is 1.18. The van der Waals surface area contributed by atoms with E-state index in [0.29, 0.717) is 0 Å². The fraction of sp³-hybridized carbons (Fsp3) is 0. The minimum Gasteiger partial charge on any atom is -0.464 e. The summed E-state index contributed by atoms with van der Waals surface area (Å²) in [6.45, 7) is 0. The second-order valence-electron chi connectivity index (χ2n) is 2.00. The molecule has 0 radical (unpaired) electrons. The van der Waals surface area contributed by atoms with Gasteiger partial charge < -0.3 is 5.11 Å². The van der Waals surface area contributed by atoms with Crippen LogP contribution >= 0.6 is 35.8 Å². The van der Waals surface area contributed by atoms with Crippen LogP contribution in [0.25, 0.3) is 0 Å². The molecule has 13 heavy (non-hydrogen) atoms. The molecule has 0 aromatic carbocycles. The van der Waals surface area contributed by atoms with E-state index in [4.69, 9.17) is 16.7 Å². The van der Waals surface area contributed by atoms with Gasteiger partial charge in [0.2, 0.25) is 0 Å². The summed E-state index contributed by atoms with van der Waals surface area (Å²) in [5, 5.41) is 10.3. The molecular weight excluding hydrogens is 234 g/mol. The van der Waals surface area contributed by atoms with Crippen LogP contribution in [0.2, 0.25) is 5.02 Å². The summed E-state index contributed by atoms with van der Waals surface area (Å²) in [4.78, 5) is 21.8. The van der Waals surface area contributed by atoms with Gasteiger partial charge in [0.05, 0.1) is 5.02 Å². The Labute approximate surface area is 88.3 Å². The smallest absolute Gasteiger partial charge is 0.424 e. The summed E-state index contributed by atoms with van der Waals surface area (Å²) < 4.78 is 0.289. The first kappa shape index (κ1) is 10.4. The van der Waals surface area contributed by atoms with E-state index >= 15 is 0 Å². The average Bonchev–Trinajstić information content (AvgIpc) is 2.48. The summed E-state index contributed by atoms with van der Waals surface area (Å²) in [5.74, 6) is -0.740. The van der Waals surface area contributed by atoms with E-state index in [1.807, 2.05) is 0 Å².